The summed E-state index contributed by atoms with van der Waals surface area (Å²) in [6, 6.07) is 0. The summed E-state index contributed by atoms with van der Waals surface area (Å²) in [6.45, 7) is 0. The first kappa shape index (κ1) is 3.84. The molecule has 4 heavy (non-hydrogen) atoms. The number of hydrogen-bond donors (Lipinski definition) is 2. The largest absolute Gasteiger partial charge is 0.220 e. The van der Waals surface area contributed by atoms with E-state index in [0.29, 0.717) is 0 Å². The highest BCUT2D eigenvalue weighted by molar-refractivity contribution is 3.04. The van der Waals surface area contributed by atoms with Crippen molar-refractivity contribution < 1.29 is 15.3 Å². The molecule has 0 spiro atoms. The number of nitrogens with two attached hydrogens (primary N) is 1. The normalized spacial score (nSPS) is 7.50. The minimum atomic E-state index is 2.82. The van der Waals surface area contributed by atoms with Gasteiger partial charge >= 0.3 is 0 Å². The second-order valence-corrected chi connectivity index (χ2v) is 0.171. The summed E-state index contributed by atoms with van der Waals surface area (Å²) in [5.74, 6) is 4.06. The first-order valence-electron chi connectivity index (χ1n) is 0.585. The lowest BCUT2D eigenvalue weighted by atomic mass is 13.5. The molecule has 4 nitrogen and oxygen atoms in total. The van der Waals surface area contributed by atoms with Crippen LogP contribution in [-0.2, 0) is 10.0 Å². The van der Waals surface area contributed by atoms with Gasteiger partial charge in [-0.3, -0.25) is 0 Å². The molecule has 3 N–H and O–H groups in total. The Balaban J connectivity index is 1.97. The second kappa shape index (κ2) is 2.84. The van der Waals surface area contributed by atoms with Gasteiger partial charge in [-0.25, -0.2) is 5.26 Å². The second-order valence-electron chi connectivity index (χ2n) is 0.171. The molecule has 0 unspecified atom stereocenters. The number of rotatable bonds is 1. The van der Waals surface area contributed by atoms with E-state index < -0.39 is 0 Å². The monoisotopic (exact) mass is 65.0 g/mol. The van der Waals surface area contributed by atoms with Crippen LogP contribution in [0.25, 0.3) is 0 Å². The molecular weight excluding hydrogens is 62.0 g/mol. The van der Waals surface area contributed by atoms with Gasteiger partial charge < -0.3 is 0 Å². The third-order valence-electron chi connectivity index (χ3n) is 0.0430. The van der Waals surface area contributed by atoms with Gasteiger partial charge in [-0.05, 0) is 0 Å². The van der Waals surface area contributed by atoms with Gasteiger partial charge in [0.05, 0.1) is 0 Å². The predicted octanol–water partition coefficient (Wildman–Crippen LogP) is -0.719. The van der Waals surface area contributed by atoms with E-state index in [9.17, 15) is 0 Å². The maximum absolute atomic E-state index is 7.03. The fourth-order valence-electron chi connectivity index (χ4n) is 0. The van der Waals surface area contributed by atoms with Crippen LogP contribution in [0.1, 0.15) is 0 Å². The summed E-state index contributed by atoms with van der Waals surface area (Å²) < 4.78 is 0. The molecule has 0 amide bonds. The standard InChI is InChI=1S/H3NO3/c1-3-4-2/h2H,1H2. The van der Waals surface area contributed by atoms with Crippen molar-refractivity contribution >= 4 is 0 Å². The molecule has 0 rings (SSSR count). The molecule has 0 atom stereocenters. The summed E-state index contributed by atoms with van der Waals surface area (Å²) in [7, 11) is 0. The van der Waals surface area contributed by atoms with Crippen molar-refractivity contribution in [3.05, 3.63) is 0 Å². The highest BCUT2D eigenvalue weighted by Crippen LogP contribution is 1.43. The Hall–Kier alpha value is -0.160. The predicted molar refractivity (Wildman–Crippen MR) is 8.99 cm³/mol. The van der Waals surface area contributed by atoms with Crippen molar-refractivity contribution in [2.75, 3.05) is 0 Å². The first-order chi connectivity index (χ1) is 1.91. The minimum Gasteiger partial charge on any atom is -0.220 e. The zero-order chi connectivity index (χ0) is 3.41. The molecule has 4 heteroatoms. The van der Waals surface area contributed by atoms with Crippen LogP contribution in [0.15, 0.2) is 0 Å². The smallest absolute Gasteiger partial charge is 0.0519 e. The van der Waals surface area contributed by atoms with Gasteiger partial charge in [-0.1, -0.05) is 5.04 Å². The van der Waals surface area contributed by atoms with Crippen LogP contribution >= 0.6 is 0 Å². The van der Waals surface area contributed by atoms with Crippen molar-refractivity contribution in [2.45, 2.75) is 0 Å². The van der Waals surface area contributed by atoms with E-state index in [1.165, 1.54) is 0 Å². The zero-order valence-electron chi connectivity index (χ0n) is 1.84. The first-order valence-corrected chi connectivity index (χ1v) is 0.585. The van der Waals surface area contributed by atoms with Crippen LogP contribution in [0.4, 0.5) is 0 Å². The van der Waals surface area contributed by atoms with Crippen LogP contribution in [0.2, 0.25) is 0 Å². The van der Waals surface area contributed by atoms with Gasteiger partial charge in [0.2, 0.25) is 0 Å². The molecule has 0 aromatic rings. The van der Waals surface area contributed by atoms with E-state index >= 15 is 0 Å². The average Bonchev–Trinajstić information content (AvgIpc) is 1.37. The average molecular weight is 65.0 g/mol. The quantitative estimate of drug-likeness (QED) is 0.312. The Morgan fingerprint density at radius 3 is 2.00 bits per heavy atom. The van der Waals surface area contributed by atoms with Crippen LogP contribution in [0.5, 0.6) is 0 Å². The molecule has 0 radical (unpaired) electrons. The van der Waals surface area contributed by atoms with Crippen LogP contribution in [0.3, 0.4) is 0 Å². The van der Waals surface area contributed by atoms with Gasteiger partial charge in [0.25, 0.3) is 0 Å². The van der Waals surface area contributed by atoms with Crippen LogP contribution < -0.4 is 5.90 Å². The summed E-state index contributed by atoms with van der Waals surface area (Å²) in [5.41, 5.74) is 0. The number of hydrogen-bond acceptors (Lipinski definition) is 4. The molecule has 0 bridgehead atoms. The van der Waals surface area contributed by atoms with Gasteiger partial charge in [0, 0.05) is 0 Å². The molecular formula is H3NO3. The molecule has 0 heterocycles. The maximum Gasteiger partial charge on any atom is -0.0519 e. The summed E-state index contributed by atoms with van der Waals surface area (Å²) >= 11 is 0. The topological polar surface area (TPSA) is 64.7 Å². The van der Waals surface area contributed by atoms with Crippen molar-refractivity contribution in [3.63, 3.8) is 0 Å². The van der Waals surface area contributed by atoms with E-state index in [0.717, 1.165) is 0 Å². The molecule has 0 fully saturated rings. The fourth-order valence-corrected chi connectivity index (χ4v) is 0. The zero-order valence-corrected chi connectivity index (χ0v) is 1.84. The highest BCUT2D eigenvalue weighted by Gasteiger charge is 1.50. The minimum absolute atomic E-state index is 2.82. The third kappa shape index (κ3) is 1.84. The molecule has 0 saturated carbocycles. The van der Waals surface area contributed by atoms with Gasteiger partial charge in [-0.15, -0.1) is 4.99 Å². The molecule has 0 saturated heterocycles. The van der Waals surface area contributed by atoms with Gasteiger partial charge in [0.1, 0.15) is 0 Å². The Morgan fingerprint density at radius 2 is 2.00 bits per heavy atom. The Kier molecular flexibility index (Phi) is 2.73. The Bertz CT molecular complexity index is 5.25. The lowest BCUT2D eigenvalue weighted by Gasteiger charge is -1.73. The molecule has 26 valence electrons. The molecule has 0 aliphatic carbocycles. The fraction of sp³-hybridized carbons (Fsp3) is 0. The van der Waals surface area contributed by atoms with Gasteiger partial charge in [0.15, 0.2) is 0 Å². The molecule has 0 aromatic carbocycles. The van der Waals surface area contributed by atoms with Crippen molar-refractivity contribution in [2.24, 2.45) is 5.90 Å². The van der Waals surface area contributed by atoms with Crippen molar-refractivity contribution in [1.29, 1.82) is 0 Å². The van der Waals surface area contributed by atoms with E-state index in [1.54, 1.807) is 0 Å². The Labute approximate surface area is 22.5 Å². The van der Waals surface area contributed by atoms with Crippen molar-refractivity contribution in [1.82, 2.24) is 0 Å². The van der Waals surface area contributed by atoms with E-state index in [4.69, 9.17) is 5.26 Å². The molecule has 0 aliphatic rings. The van der Waals surface area contributed by atoms with Gasteiger partial charge in [-0.2, -0.15) is 5.90 Å². The molecule has 0 aromatic heterocycles. The van der Waals surface area contributed by atoms with E-state index in [1.807, 2.05) is 0 Å². The summed E-state index contributed by atoms with van der Waals surface area (Å²) in [6.07, 6.45) is 0. The van der Waals surface area contributed by atoms with Crippen LogP contribution in [0, 0.1) is 0 Å². The van der Waals surface area contributed by atoms with Crippen molar-refractivity contribution in [3.8, 4) is 0 Å². The lowest BCUT2D eigenvalue weighted by molar-refractivity contribution is -0.494. The summed E-state index contributed by atoms with van der Waals surface area (Å²) in [5, 5.41) is 9.85. The lowest BCUT2D eigenvalue weighted by Crippen LogP contribution is -1.94. The van der Waals surface area contributed by atoms with E-state index in [2.05, 4.69) is 15.9 Å². The van der Waals surface area contributed by atoms with Crippen LogP contribution in [-0.4, -0.2) is 5.26 Å². The maximum atomic E-state index is 7.03. The molecule has 0 aliphatic heterocycles. The summed E-state index contributed by atoms with van der Waals surface area (Å²) in [4.78, 5) is 3.10. The SMILES string of the molecule is NOOO. The Morgan fingerprint density at radius 1 is 1.75 bits per heavy atom. The highest BCUT2D eigenvalue weighted by atomic mass is 17.5. The third-order valence-corrected chi connectivity index (χ3v) is 0.0430. The van der Waals surface area contributed by atoms with E-state index in [-0.39, 0.29) is 0 Å².